The van der Waals surface area contributed by atoms with E-state index in [0.29, 0.717) is 30.5 Å². The van der Waals surface area contributed by atoms with Crippen molar-refractivity contribution in [3.8, 4) is 11.3 Å². The second-order valence-electron chi connectivity index (χ2n) is 7.92. The van der Waals surface area contributed by atoms with Gasteiger partial charge in [-0.1, -0.05) is 0 Å². The normalized spacial score (nSPS) is 13.0. The van der Waals surface area contributed by atoms with Crippen molar-refractivity contribution >= 4 is 35.6 Å². The van der Waals surface area contributed by atoms with Crippen LogP contribution in [0.2, 0.25) is 0 Å². The summed E-state index contributed by atoms with van der Waals surface area (Å²) in [6.45, 7) is 0.377. The van der Waals surface area contributed by atoms with Crippen molar-refractivity contribution in [2.24, 2.45) is 0 Å². The summed E-state index contributed by atoms with van der Waals surface area (Å²) in [4.78, 5) is 19.6. The Labute approximate surface area is 201 Å². The summed E-state index contributed by atoms with van der Waals surface area (Å²) in [7, 11) is 0. The van der Waals surface area contributed by atoms with Crippen LogP contribution in [0.1, 0.15) is 22.3 Å². The van der Waals surface area contributed by atoms with Crippen molar-refractivity contribution in [2.45, 2.75) is 12.8 Å². The second-order valence-corrected chi connectivity index (χ2v) is 10.3. The average Bonchev–Trinajstić information content (AvgIpc) is 2.84. The number of carbonyl (C=O) groups is 1. The second kappa shape index (κ2) is 9.45. The van der Waals surface area contributed by atoms with E-state index in [0.717, 1.165) is 38.6 Å². The Balaban J connectivity index is 1.61. The number of amides is 1. The summed E-state index contributed by atoms with van der Waals surface area (Å²) in [6, 6.07) is 21.2. The van der Waals surface area contributed by atoms with Gasteiger partial charge in [0, 0.05) is 0 Å². The minimum absolute atomic E-state index is 0.0671. The zero-order valence-electron chi connectivity index (χ0n) is 18.0. The van der Waals surface area contributed by atoms with Crippen LogP contribution in [0.3, 0.4) is 0 Å². The Morgan fingerprint density at radius 2 is 1.62 bits per heavy atom. The van der Waals surface area contributed by atoms with Crippen LogP contribution in [-0.2, 0) is 6.42 Å². The van der Waals surface area contributed by atoms with Gasteiger partial charge >= 0.3 is 202 Å². The van der Waals surface area contributed by atoms with E-state index in [-0.39, 0.29) is 26.3 Å². The summed E-state index contributed by atoms with van der Waals surface area (Å²) in [5.74, 6) is -2.08. The molecule has 3 nitrogen and oxygen atoms in total. The van der Waals surface area contributed by atoms with Gasteiger partial charge in [0.05, 0.1) is 0 Å². The summed E-state index contributed by atoms with van der Waals surface area (Å²) >= 11 is -0.0671. The first-order chi connectivity index (χ1) is 16.5. The van der Waals surface area contributed by atoms with Crippen LogP contribution in [0.25, 0.3) is 11.3 Å². The Hall–Kier alpha value is -3.41. The monoisotopic (exact) mass is 524 g/mol. The molecule has 0 saturated heterocycles. The van der Waals surface area contributed by atoms with Gasteiger partial charge in [0.1, 0.15) is 0 Å². The number of halogens is 3. The molecule has 1 aliphatic heterocycles. The number of aryl methyl sites for hydroxylation is 1. The van der Waals surface area contributed by atoms with E-state index in [1.54, 1.807) is 12.1 Å². The fourth-order valence-corrected chi connectivity index (χ4v) is 6.10. The van der Waals surface area contributed by atoms with Gasteiger partial charge in [-0.3, -0.25) is 0 Å². The fraction of sp³-hybridized carbons (Fsp3) is 0.111. The molecule has 0 spiro atoms. The van der Waals surface area contributed by atoms with E-state index in [2.05, 4.69) is 18.2 Å². The number of hydrogen-bond donors (Lipinski definition) is 0. The predicted molar refractivity (Wildman–Crippen MR) is 127 cm³/mol. The number of benzene rings is 3. The molecule has 0 radical (unpaired) electrons. The first kappa shape index (κ1) is 22.4. The van der Waals surface area contributed by atoms with Gasteiger partial charge in [-0.25, -0.2) is 0 Å². The molecular formula is C27H19F3N2OSe. The molecule has 1 aromatic heterocycles. The van der Waals surface area contributed by atoms with E-state index in [1.165, 1.54) is 17.0 Å². The number of anilines is 1. The maximum absolute atomic E-state index is 14.4. The summed E-state index contributed by atoms with van der Waals surface area (Å²) < 4.78 is 43.6. The van der Waals surface area contributed by atoms with Crippen molar-refractivity contribution in [1.82, 2.24) is 4.98 Å². The standard InChI is InChI=1S/C27H19F3N2OSe/c28-19-10-8-17(9-11-19)25-24(34-21-6-2-1-3-7-21)15-18-5-4-14-32(26(18)31-25)27(33)22-13-12-20(29)16-23(22)30/h1-3,6-13,15-16H,4-5,14H2. The average molecular weight is 523 g/mol. The molecule has 34 heavy (non-hydrogen) atoms. The van der Waals surface area contributed by atoms with Crippen LogP contribution < -0.4 is 13.8 Å². The van der Waals surface area contributed by atoms with Crippen molar-refractivity contribution < 1.29 is 18.0 Å². The van der Waals surface area contributed by atoms with Crippen LogP contribution in [0.5, 0.6) is 0 Å². The molecule has 0 N–H and O–H groups in total. The maximum atomic E-state index is 14.4. The first-order valence-corrected chi connectivity index (χ1v) is 12.5. The van der Waals surface area contributed by atoms with E-state index in [9.17, 15) is 18.0 Å². The number of rotatable bonds is 4. The zero-order valence-corrected chi connectivity index (χ0v) is 19.7. The molecular weight excluding hydrogens is 504 g/mol. The van der Waals surface area contributed by atoms with Gasteiger partial charge < -0.3 is 0 Å². The Morgan fingerprint density at radius 1 is 0.882 bits per heavy atom. The summed E-state index contributed by atoms with van der Waals surface area (Å²) in [5.41, 5.74) is 2.11. The molecule has 0 bridgehead atoms. The quantitative estimate of drug-likeness (QED) is 0.372. The summed E-state index contributed by atoms with van der Waals surface area (Å²) in [6.07, 6.45) is 1.44. The minimum atomic E-state index is -0.903. The number of pyridine rings is 1. The van der Waals surface area contributed by atoms with Crippen molar-refractivity contribution in [3.05, 3.63) is 107 Å². The van der Waals surface area contributed by atoms with Crippen molar-refractivity contribution in [2.75, 3.05) is 11.4 Å². The Morgan fingerprint density at radius 3 is 2.35 bits per heavy atom. The molecule has 0 aliphatic carbocycles. The molecule has 2 heterocycles. The molecule has 5 rings (SSSR count). The van der Waals surface area contributed by atoms with E-state index in [4.69, 9.17) is 4.98 Å². The predicted octanol–water partition coefficient (Wildman–Crippen LogP) is 4.41. The first-order valence-electron chi connectivity index (χ1n) is 10.8. The topological polar surface area (TPSA) is 33.2 Å². The van der Waals surface area contributed by atoms with Crippen LogP contribution in [-0.4, -0.2) is 32.4 Å². The van der Waals surface area contributed by atoms with Crippen LogP contribution in [0, 0.1) is 17.5 Å². The fourth-order valence-electron chi connectivity index (χ4n) is 3.99. The number of fused-ring (bicyclic) bond motifs is 1. The molecule has 1 aliphatic rings. The molecule has 0 saturated carbocycles. The summed E-state index contributed by atoms with van der Waals surface area (Å²) in [5, 5.41) is 0. The van der Waals surface area contributed by atoms with Gasteiger partial charge in [0.15, 0.2) is 0 Å². The number of aromatic nitrogens is 1. The van der Waals surface area contributed by atoms with E-state index in [1.807, 2.05) is 18.2 Å². The molecule has 4 aromatic rings. The number of hydrogen-bond acceptors (Lipinski definition) is 2. The number of nitrogens with zero attached hydrogens (tertiary/aromatic N) is 2. The van der Waals surface area contributed by atoms with Crippen LogP contribution in [0.4, 0.5) is 19.0 Å². The van der Waals surface area contributed by atoms with E-state index >= 15 is 0 Å². The molecule has 170 valence electrons. The van der Waals surface area contributed by atoms with Gasteiger partial charge in [0.2, 0.25) is 0 Å². The van der Waals surface area contributed by atoms with Crippen LogP contribution >= 0.6 is 0 Å². The Kier molecular flexibility index (Phi) is 6.22. The van der Waals surface area contributed by atoms with Crippen molar-refractivity contribution in [1.29, 1.82) is 0 Å². The molecule has 3 aromatic carbocycles. The third-order valence-corrected chi connectivity index (χ3v) is 7.80. The molecule has 1 amide bonds. The van der Waals surface area contributed by atoms with E-state index < -0.39 is 17.5 Å². The van der Waals surface area contributed by atoms with Gasteiger partial charge in [-0.2, -0.15) is 0 Å². The van der Waals surface area contributed by atoms with Crippen LogP contribution in [0.15, 0.2) is 78.9 Å². The van der Waals surface area contributed by atoms with Crippen molar-refractivity contribution in [3.63, 3.8) is 0 Å². The Bertz CT molecular complexity index is 1360. The SMILES string of the molecule is O=C(c1ccc(F)cc1F)N1CCCc2cc([Se]c3ccccc3)c(-c3ccc(F)cc3)nc21. The zero-order chi connectivity index (χ0) is 23.7. The van der Waals surface area contributed by atoms with Gasteiger partial charge in [-0.15, -0.1) is 0 Å². The third kappa shape index (κ3) is 4.49. The molecule has 0 unspecified atom stereocenters. The number of carbonyl (C=O) groups excluding carboxylic acids is 1. The van der Waals surface area contributed by atoms with Gasteiger partial charge in [0.25, 0.3) is 0 Å². The molecule has 7 heteroatoms. The molecule has 0 atom stereocenters. The third-order valence-electron chi connectivity index (χ3n) is 5.62. The van der Waals surface area contributed by atoms with Gasteiger partial charge in [-0.05, 0) is 0 Å². The molecule has 0 fully saturated rings.